The molecule has 1 atom stereocenters. The Bertz CT molecular complexity index is 552. The summed E-state index contributed by atoms with van der Waals surface area (Å²) in [6, 6.07) is 2.79. The molecule has 138 valence electrons. The van der Waals surface area contributed by atoms with E-state index in [2.05, 4.69) is 20.9 Å². The van der Waals surface area contributed by atoms with Crippen LogP contribution >= 0.6 is 0 Å². The Morgan fingerprint density at radius 1 is 1.00 bits per heavy atom. The molecular formula is C20H32N4O. The molecule has 2 saturated heterocycles. The van der Waals surface area contributed by atoms with Crippen LogP contribution in [0.5, 0.6) is 0 Å². The molecule has 0 aromatic carbocycles. The van der Waals surface area contributed by atoms with Gasteiger partial charge in [-0.15, -0.1) is 0 Å². The predicted octanol–water partition coefficient (Wildman–Crippen LogP) is 2.81. The van der Waals surface area contributed by atoms with Gasteiger partial charge < -0.3 is 10.0 Å². The Morgan fingerprint density at radius 3 is 2.56 bits per heavy atom. The second-order valence-corrected chi connectivity index (χ2v) is 8.17. The van der Waals surface area contributed by atoms with Crippen LogP contribution in [0.25, 0.3) is 0 Å². The van der Waals surface area contributed by atoms with Crippen molar-refractivity contribution in [3.05, 3.63) is 18.0 Å². The smallest absolute Gasteiger partial charge is 0.225 e. The quantitative estimate of drug-likeness (QED) is 0.910. The van der Waals surface area contributed by atoms with Crippen molar-refractivity contribution in [2.45, 2.75) is 63.3 Å². The summed E-state index contributed by atoms with van der Waals surface area (Å²) in [4.78, 5) is 14.5. The second kappa shape index (κ2) is 8.00. The van der Waals surface area contributed by atoms with Crippen LogP contribution < -0.4 is 4.90 Å². The minimum absolute atomic E-state index is 0.344. The maximum absolute atomic E-state index is 9.46. The Kier molecular flexibility index (Phi) is 5.51. The normalized spacial score (nSPS) is 27.1. The molecule has 2 aliphatic heterocycles. The number of aliphatic hydroxyl groups excluding tert-OH is 1. The fraction of sp³-hybridized carbons (Fsp3) is 0.800. The number of anilines is 1. The summed E-state index contributed by atoms with van der Waals surface area (Å²) >= 11 is 0. The van der Waals surface area contributed by atoms with E-state index in [9.17, 15) is 5.11 Å². The molecule has 3 aliphatic rings. The molecule has 5 heteroatoms. The van der Waals surface area contributed by atoms with Crippen molar-refractivity contribution in [2.75, 3.05) is 37.7 Å². The van der Waals surface area contributed by atoms with Gasteiger partial charge in [0.2, 0.25) is 5.95 Å². The highest BCUT2D eigenvalue weighted by Crippen LogP contribution is 2.33. The zero-order valence-corrected chi connectivity index (χ0v) is 15.3. The first-order valence-corrected chi connectivity index (χ1v) is 10.3. The topological polar surface area (TPSA) is 52.5 Å². The van der Waals surface area contributed by atoms with E-state index in [0.29, 0.717) is 24.5 Å². The van der Waals surface area contributed by atoms with Gasteiger partial charge in [0.25, 0.3) is 0 Å². The molecule has 3 fully saturated rings. The van der Waals surface area contributed by atoms with Crippen LogP contribution in [-0.4, -0.2) is 58.8 Å². The predicted molar refractivity (Wildman–Crippen MR) is 99.9 cm³/mol. The number of rotatable bonds is 4. The van der Waals surface area contributed by atoms with Gasteiger partial charge in [0.1, 0.15) is 0 Å². The molecule has 0 unspecified atom stereocenters. The van der Waals surface area contributed by atoms with Crippen LogP contribution in [0.2, 0.25) is 0 Å². The summed E-state index contributed by atoms with van der Waals surface area (Å²) in [5.41, 5.74) is 1.26. The lowest BCUT2D eigenvalue weighted by molar-refractivity contribution is 0.0776. The summed E-state index contributed by atoms with van der Waals surface area (Å²) in [6.45, 7) is 4.74. The molecule has 25 heavy (non-hydrogen) atoms. The molecule has 0 bridgehead atoms. The summed E-state index contributed by atoms with van der Waals surface area (Å²) in [6.07, 6.45) is 12.0. The van der Waals surface area contributed by atoms with E-state index in [1.807, 2.05) is 6.20 Å². The second-order valence-electron chi connectivity index (χ2n) is 8.17. The highest BCUT2D eigenvalue weighted by atomic mass is 16.3. The van der Waals surface area contributed by atoms with Gasteiger partial charge >= 0.3 is 0 Å². The molecular weight excluding hydrogens is 312 g/mol. The van der Waals surface area contributed by atoms with Crippen molar-refractivity contribution >= 4 is 5.95 Å². The maximum Gasteiger partial charge on any atom is 0.225 e. The third-order valence-corrected chi connectivity index (χ3v) is 6.51. The van der Waals surface area contributed by atoms with Gasteiger partial charge in [-0.3, -0.25) is 4.90 Å². The van der Waals surface area contributed by atoms with E-state index in [1.54, 1.807) is 0 Å². The van der Waals surface area contributed by atoms with E-state index in [1.165, 1.54) is 63.6 Å². The van der Waals surface area contributed by atoms with Crippen molar-refractivity contribution in [1.82, 2.24) is 14.9 Å². The standard InChI is InChI=1S/C20H32N4O/c25-15-16-4-3-11-24(14-16)18-8-12-23(13-9-18)20-21-10-7-19(22-20)17-5-1-2-6-17/h7,10,16-18,25H,1-6,8-9,11-15H2/t16-/m0/s1. The van der Waals surface area contributed by atoms with Gasteiger partial charge in [0, 0.05) is 50.1 Å². The zero-order valence-electron chi connectivity index (χ0n) is 15.3. The maximum atomic E-state index is 9.46. The first-order chi connectivity index (χ1) is 12.3. The van der Waals surface area contributed by atoms with Crippen LogP contribution in [-0.2, 0) is 0 Å². The van der Waals surface area contributed by atoms with E-state index in [0.717, 1.165) is 25.6 Å². The minimum Gasteiger partial charge on any atom is -0.396 e. The largest absolute Gasteiger partial charge is 0.396 e. The number of piperidine rings is 2. The van der Waals surface area contributed by atoms with Gasteiger partial charge in [-0.2, -0.15) is 0 Å². The monoisotopic (exact) mass is 344 g/mol. The highest BCUT2D eigenvalue weighted by Gasteiger charge is 2.29. The summed E-state index contributed by atoms with van der Waals surface area (Å²) < 4.78 is 0. The lowest BCUT2D eigenvalue weighted by Gasteiger charge is -2.42. The number of hydrogen-bond donors (Lipinski definition) is 1. The summed E-state index contributed by atoms with van der Waals surface area (Å²) in [5, 5.41) is 9.46. The lowest BCUT2D eigenvalue weighted by atomic mass is 9.94. The first kappa shape index (κ1) is 17.2. The fourth-order valence-corrected chi connectivity index (χ4v) is 4.97. The fourth-order valence-electron chi connectivity index (χ4n) is 4.97. The molecule has 0 spiro atoms. The average Bonchev–Trinajstić information content (AvgIpc) is 3.23. The van der Waals surface area contributed by atoms with E-state index < -0.39 is 0 Å². The Labute approximate surface area is 151 Å². The SMILES string of the molecule is OC[C@H]1CCCN(C2CCN(c3nccc(C4CCCC4)n3)CC2)C1. The molecule has 4 rings (SSSR count). The Hall–Kier alpha value is -1.20. The van der Waals surface area contributed by atoms with Crippen molar-refractivity contribution < 1.29 is 5.11 Å². The molecule has 1 aromatic rings. The molecule has 1 saturated carbocycles. The molecule has 0 amide bonds. The number of likely N-dealkylation sites (tertiary alicyclic amines) is 1. The molecule has 3 heterocycles. The van der Waals surface area contributed by atoms with Crippen LogP contribution in [0.3, 0.4) is 0 Å². The minimum atomic E-state index is 0.344. The summed E-state index contributed by atoms with van der Waals surface area (Å²) in [5.74, 6) is 2.08. The Morgan fingerprint density at radius 2 is 1.80 bits per heavy atom. The van der Waals surface area contributed by atoms with Gasteiger partial charge in [-0.25, -0.2) is 9.97 Å². The van der Waals surface area contributed by atoms with Gasteiger partial charge in [0.05, 0.1) is 0 Å². The van der Waals surface area contributed by atoms with Crippen molar-refractivity contribution in [2.24, 2.45) is 5.92 Å². The van der Waals surface area contributed by atoms with E-state index in [-0.39, 0.29) is 0 Å². The van der Waals surface area contributed by atoms with Crippen LogP contribution in [0, 0.1) is 5.92 Å². The van der Waals surface area contributed by atoms with Gasteiger partial charge in [0.15, 0.2) is 0 Å². The highest BCUT2D eigenvalue weighted by molar-refractivity contribution is 5.32. The number of hydrogen-bond acceptors (Lipinski definition) is 5. The van der Waals surface area contributed by atoms with Crippen LogP contribution in [0.15, 0.2) is 12.3 Å². The van der Waals surface area contributed by atoms with E-state index in [4.69, 9.17) is 4.98 Å². The van der Waals surface area contributed by atoms with E-state index >= 15 is 0 Å². The zero-order chi connectivity index (χ0) is 17.1. The van der Waals surface area contributed by atoms with Crippen molar-refractivity contribution in [3.8, 4) is 0 Å². The van der Waals surface area contributed by atoms with Crippen LogP contribution in [0.4, 0.5) is 5.95 Å². The number of nitrogens with zero attached hydrogens (tertiary/aromatic N) is 4. The molecule has 5 nitrogen and oxygen atoms in total. The molecule has 1 aliphatic carbocycles. The number of aromatic nitrogens is 2. The lowest BCUT2D eigenvalue weighted by Crippen LogP contribution is -2.49. The molecule has 1 aromatic heterocycles. The third-order valence-electron chi connectivity index (χ3n) is 6.51. The van der Waals surface area contributed by atoms with Gasteiger partial charge in [-0.05, 0) is 57.1 Å². The van der Waals surface area contributed by atoms with Gasteiger partial charge in [-0.1, -0.05) is 12.8 Å². The summed E-state index contributed by atoms with van der Waals surface area (Å²) in [7, 11) is 0. The van der Waals surface area contributed by atoms with Crippen molar-refractivity contribution in [1.29, 1.82) is 0 Å². The third kappa shape index (κ3) is 3.98. The Balaban J connectivity index is 1.35. The average molecular weight is 345 g/mol. The molecule has 1 N–H and O–H groups in total. The van der Waals surface area contributed by atoms with Crippen LogP contribution in [0.1, 0.15) is 63.0 Å². The molecule has 0 radical (unpaired) electrons. The first-order valence-electron chi connectivity index (χ1n) is 10.3. The number of aliphatic hydroxyl groups is 1. The van der Waals surface area contributed by atoms with Crippen molar-refractivity contribution in [3.63, 3.8) is 0 Å².